The zero-order valence-corrected chi connectivity index (χ0v) is 14.0. The summed E-state index contributed by atoms with van der Waals surface area (Å²) >= 11 is 0. The summed E-state index contributed by atoms with van der Waals surface area (Å²) < 4.78 is 5.44. The third kappa shape index (κ3) is 8.37. The highest BCUT2D eigenvalue weighted by atomic mass is 16.5. The second-order valence-electron chi connectivity index (χ2n) is 6.47. The van der Waals surface area contributed by atoms with Crippen molar-refractivity contribution in [2.45, 2.75) is 83.8 Å². The normalized spacial score (nSPS) is 18.6. The summed E-state index contributed by atoms with van der Waals surface area (Å²) in [5.41, 5.74) is 0. The van der Waals surface area contributed by atoms with Gasteiger partial charge in [0.2, 0.25) is 5.91 Å². The number of rotatable bonds is 10. The summed E-state index contributed by atoms with van der Waals surface area (Å²) in [5.74, 6) is -0.325. The zero-order valence-electron chi connectivity index (χ0n) is 14.0. The van der Waals surface area contributed by atoms with Gasteiger partial charge in [0.05, 0.1) is 6.10 Å². The van der Waals surface area contributed by atoms with Gasteiger partial charge < -0.3 is 15.2 Å². The average molecular weight is 313 g/mol. The maximum atomic E-state index is 12.0. The molecule has 0 spiro atoms. The maximum Gasteiger partial charge on any atom is 0.303 e. The molecule has 1 amide bonds. The van der Waals surface area contributed by atoms with E-state index in [0.717, 1.165) is 12.8 Å². The summed E-state index contributed by atoms with van der Waals surface area (Å²) in [6, 6.07) is -0.0489. The molecule has 2 N–H and O–H groups in total. The minimum absolute atomic E-state index is 0.0489. The van der Waals surface area contributed by atoms with Gasteiger partial charge in [0.15, 0.2) is 0 Å². The van der Waals surface area contributed by atoms with Crippen LogP contribution in [0.2, 0.25) is 0 Å². The van der Waals surface area contributed by atoms with Crippen molar-refractivity contribution in [2.75, 3.05) is 6.61 Å². The molecular formula is C17H31NO4. The first-order valence-corrected chi connectivity index (χ1v) is 8.64. The van der Waals surface area contributed by atoms with E-state index in [1.54, 1.807) is 0 Å². The third-order valence-corrected chi connectivity index (χ3v) is 4.49. The number of hydrogen-bond acceptors (Lipinski definition) is 3. The van der Waals surface area contributed by atoms with Crippen molar-refractivity contribution in [3.8, 4) is 0 Å². The van der Waals surface area contributed by atoms with E-state index in [2.05, 4.69) is 5.32 Å². The predicted molar refractivity (Wildman–Crippen MR) is 85.7 cm³/mol. The fourth-order valence-electron chi connectivity index (χ4n) is 2.98. The van der Waals surface area contributed by atoms with Gasteiger partial charge in [0.25, 0.3) is 0 Å². The molecule has 1 aliphatic carbocycles. The lowest BCUT2D eigenvalue weighted by Gasteiger charge is -2.27. The molecule has 2 unspecified atom stereocenters. The van der Waals surface area contributed by atoms with E-state index < -0.39 is 5.97 Å². The second kappa shape index (κ2) is 10.6. The maximum absolute atomic E-state index is 12.0. The number of carbonyl (C=O) groups excluding carboxylic acids is 1. The first-order chi connectivity index (χ1) is 10.5. The molecule has 0 saturated heterocycles. The fraction of sp³-hybridized carbons (Fsp3) is 0.882. The van der Waals surface area contributed by atoms with E-state index in [0.29, 0.717) is 12.3 Å². The Bertz CT molecular complexity index is 340. The molecule has 0 bridgehead atoms. The Balaban J connectivity index is 2.41. The fourth-order valence-corrected chi connectivity index (χ4v) is 2.98. The Kier molecular flexibility index (Phi) is 9.13. The van der Waals surface area contributed by atoms with Crippen LogP contribution in [0, 0.1) is 5.92 Å². The smallest absolute Gasteiger partial charge is 0.303 e. The molecule has 5 heteroatoms. The first kappa shape index (κ1) is 18.9. The molecule has 0 aromatic rings. The van der Waals surface area contributed by atoms with Crippen molar-refractivity contribution in [3.05, 3.63) is 0 Å². The molecule has 0 heterocycles. The van der Waals surface area contributed by atoms with Gasteiger partial charge in [-0.05, 0) is 32.1 Å². The molecule has 1 fully saturated rings. The van der Waals surface area contributed by atoms with E-state index in [-0.39, 0.29) is 31.1 Å². The number of hydrogen-bond donors (Lipinski definition) is 2. The zero-order chi connectivity index (χ0) is 16.4. The van der Waals surface area contributed by atoms with Crippen LogP contribution in [0.5, 0.6) is 0 Å². The Morgan fingerprint density at radius 3 is 2.55 bits per heavy atom. The van der Waals surface area contributed by atoms with Crippen LogP contribution in [0.25, 0.3) is 0 Å². The number of ether oxygens (including phenoxy) is 1. The Hall–Kier alpha value is -1.10. The highest BCUT2D eigenvalue weighted by molar-refractivity contribution is 5.77. The molecular weight excluding hydrogens is 282 g/mol. The first-order valence-electron chi connectivity index (χ1n) is 8.64. The number of aliphatic carboxylic acids is 1. The summed E-state index contributed by atoms with van der Waals surface area (Å²) in [5, 5.41) is 11.8. The minimum atomic E-state index is -0.807. The quantitative estimate of drug-likeness (QED) is 0.650. The number of carbonyl (C=O) groups is 2. The van der Waals surface area contributed by atoms with E-state index >= 15 is 0 Å². The van der Waals surface area contributed by atoms with Gasteiger partial charge >= 0.3 is 5.97 Å². The van der Waals surface area contributed by atoms with Crippen LogP contribution in [-0.4, -0.2) is 35.7 Å². The van der Waals surface area contributed by atoms with Gasteiger partial charge in [0, 0.05) is 12.5 Å². The number of carboxylic acids is 1. The van der Waals surface area contributed by atoms with Gasteiger partial charge in [-0.3, -0.25) is 9.59 Å². The van der Waals surface area contributed by atoms with Crippen molar-refractivity contribution < 1.29 is 19.4 Å². The van der Waals surface area contributed by atoms with E-state index in [1.165, 1.54) is 32.1 Å². The molecule has 0 aromatic carbocycles. The van der Waals surface area contributed by atoms with Crippen LogP contribution in [0.1, 0.15) is 71.6 Å². The van der Waals surface area contributed by atoms with Crippen molar-refractivity contribution in [3.63, 3.8) is 0 Å². The second-order valence-corrected chi connectivity index (χ2v) is 6.47. The van der Waals surface area contributed by atoms with Crippen molar-refractivity contribution >= 4 is 11.9 Å². The molecule has 0 aliphatic heterocycles. The summed E-state index contributed by atoms with van der Waals surface area (Å²) in [7, 11) is 0. The van der Waals surface area contributed by atoms with Crippen LogP contribution in [-0.2, 0) is 14.3 Å². The topological polar surface area (TPSA) is 75.6 Å². The van der Waals surface area contributed by atoms with E-state index in [9.17, 15) is 9.59 Å². The molecule has 128 valence electrons. The third-order valence-electron chi connectivity index (χ3n) is 4.49. The molecule has 1 aliphatic rings. The number of carboxylic acid groups (broad SMARTS) is 1. The van der Waals surface area contributed by atoms with E-state index in [4.69, 9.17) is 9.84 Å². The monoisotopic (exact) mass is 313 g/mol. The molecule has 1 saturated carbocycles. The van der Waals surface area contributed by atoms with Crippen LogP contribution < -0.4 is 5.32 Å². The molecule has 22 heavy (non-hydrogen) atoms. The van der Waals surface area contributed by atoms with Gasteiger partial charge in [-0.25, -0.2) is 0 Å². The molecule has 2 atom stereocenters. The number of nitrogens with one attached hydrogen (secondary N) is 1. The Labute approximate surface area is 133 Å². The highest BCUT2D eigenvalue weighted by Crippen LogP contribution is 2.28. The van der Waals surface area contributed by atoms with Gasteiger partial charge in [-0.15, -0.1) is 0 Å². The lowest BCUT2D eigenvalue weighted by Crippen LogP contribution is -2.39. The summed E-state index contributed by atoms with van der Waals surface area (Å²) in [4.78, 5) is 22.8. The SMILES string of the molecule is CCC(C)OCC(=O)NC(CCC(=O)O)CC1CCCCC1. The van der Waals surface area contributed by atoms with Gasteiger partial charge in [-0.2, -0.15) is 0 Å². The van der Waals surface area contributed by atoms with Gasteiger partial charge in [0.1, 0.15) is 6.61 Å². The molecule has 0 radical (unpaired) electrons. The summed E-state index contributed by atoms with van der Waals surface area (Å²) in [6.45, 7) is 4.02. The summed E-state index contributed by atoms with van der Waals surface area (Å²) in [6.07, 6.45) is 8.63. The van der Waals surface area contributed by atoms with Crippen molar-refractivity contribution in [1.29, 1.82) is 0 Å². The lowest BCUT2D eigenvalue weighted by atomic mass is 9.84. The predicted octanol–water partition coefficient (Wildman–Crippen LogP) is 3.12. The number of amides is 1. The largest absolute Gasteiger partial charge is 0.481 e. The minimum Gasteiger partial charge on any atom is -0.481 e. The van der Waals surface area contributed by atoms with Crippen LogP contribution in [0.3, 0.4) is 0 Å². The highest BCUT2D eigenvalue weighted by Gasteiger charge is 2.21. The van der Waals surface area contributed by atoms with Crippen LogP contribution in [0.4, 0.5) is 0 Å². The molecule has 5 nitrogen and oxygen atoms in total. The Morgan fingerprint density at radius 2 is 1.95 bits per heavy atom. The molecule has 1 rings (SSSR count). The van der Waals surface area contributed by atoms with Crippen molar-refractivity contribution in [1.82, 2.24) is 5.32 Å². The van der Waals surface area contributed by atoms with Crippen LogP contribution >= 0.6 is 0 Å². The lowest BCUT2D eigenvalue weighted by molar-refractivity contribution is -0.137. The Morgan fingerprint density at radius 1 is 1.27 bits per heavy atom. The van der Waals surface area contributed by atoms with E-state index in [1.807, 2.05) is 13.8 Å². The molecule has 0 aromatic heterocycles. The standard InChI is InChI=1S/C17H31NO4/c1-3-13(2)22-12-16(19)18-15(9-10-17(20)21)11-14-7-5-4-6-8-14/h13-15H,3-12H2,1-2H3,(H,18,19)(H,20,21). The van der Waals surface area contributed by atoms with Crippen LogP contribution in [0.15, 0.2) is 0 Å². The van der Waals surface area contributed by atoms with Crippen molar-refractivity contribution in [2.24, 2.45) is 5.92 Å². The van der Waals surface area contributed by atoms with Gasteiger partial charge in [-0.1, -0.05) is 39.0 Å². The average Bonchev–Trinajstić information content (AvgIpc) is 2.51.